The molecule has 0 aromatic carbocycles. The second-order valence-electron chi connectivity index (χ2n) is 9.96. The van der Waals surface area contributed by atoms with Gasteiger partial charge in [-0.05, 0) is 72.8 Å². The van der Waals surface area contributed by atoms with Crippen molar-refractivity contribution in [3.63, 3.8) is 0 Å². The molecule has 16 heteroatoms. The first kappa shape index (κ1) is 37.3. The van der Waals surface area contributed by atoms with E-state index >= 15 is 0 Å². The quantitative estimate of drug-likeness (QED) is 0.296. The average Bonchev–Trinajstić information content (AvgIpc) is 3.75. The molecule has 4 aromatic heterocycles. The maximum atomic E-state index is 4.12. The minimum absolute atomic E-state index is 0. The predicted octanol–water partition coefficient (Wildman–Crippen LogP) is 3.90. The maximum Gasteiger partial charge on any atom is 0.177 e. The van der Waals surface area contributed by atoms with E-state index in [1.165, 1.54) is 0 Å². The molecular formula is C25H52N16. The Kier molecular flexibility index (Phi) is 17.6. The van der Waals surface area contributed by atoms with Crippen molar-refractivity contribution in [2.75, 3.05) is 0 Å². The fraction of sp³-hybridized carbons (Fsp3) is 0.840. The molecule has 4 rings (SSSR count). The molecule has 0 saturated heterocycles. The van der Waals surface area contributed by atoms with Crippen LogP contribution >= 0.6 is 0 Å². The lowest BCUT2D eigenvalue weighted by Gasteiger charge is -2.04. The molecule has 0 saturated carbocycles. The van der Waals surface area contributed by atoms with E-state index in [2.05, 4.69) is 103 Å². The number of aryl methyl sites for hydroxylation is 4. The Bertz CT molecular complexity index is 1090. The Balaban J connectivity index is 0.000000516. The number of rotatable bonds is 8. The van der Waals surface area contributed by atoms with Crippen LogP contribution in [0.5, 0.6) is 0 Å². The third-order valence-electron chi connectivity index (χ3n) is 5.26. The van der Waals surface area contributed by atoms with E-state index in [9.17, 15) is 0 Å². The molecule has 0 aliphatic carbocycles. The van der Waals surface area contributed by atoms with Crippen molar-refractivity contribution in [2.24, 2.45) is 0 Å². The van der Waals surface area contributed by atoms with Crippen molar-refractivity contribution in [1.29, 1.82) is 0 Å². The second kappa shape index (κ2) is 19.4. The maximum absolute atomic E-state index is 4.12. The monoisotopic (exact) mass is 576 g/mol. The molecule has 0 aliphatic rings. The lowest BCUT2D eigenvalue weighted by molar-refractivity contribution is 0.453. The van der Waals surface area contributed by atoms with Gasteiger partial charge in [0.05, 0.1) is 18.6 Å². The number of hydrogen-bond acceptors (Lipinski definition) is 12. The summed E-state index contributed by atoms with van der Waals surface area (Å²) in [6.07, 6.45) is 1.75. The van der Waals surface area contributed by atoms with Crippen LogP contribution in [0.15, 0.2) is 0 Å². The van der Waals surface area contributed by atoms with Crippen molar-refractivity contribution in [3.05, 3.63) is 23.3 Å². The van der Waals surface area contributed by atoms with Crippen molar-refractivity contribution in [2.45, 2.75) is 140 Å². The van der Waals surface area contributed by atoms with Crippen LogP contribution in [0.25, 0.3) is 0 Å². The predicted molar refractivity (Wildman–Crippen MR) is 157 cm³/mol. The van der Waals surface area contributed by atoms with E-state index in [-0.39, 0.29) is 7.43 Å². The normalized spacial score (nSPS) is 10.5. The third-order valence-corrected chi connectivity index (χ3v) is 5.26. The fourth-order valence-corrected chi connectivity index (χ4v) is 2.93. The first-order valence-corrected chi connectivity index (χ1v) is 14.1. The summed E-state index contributed by atoms with van der Waals surface area (Å²) in [6.45, 7) is 26.2. The lowest BCUT2D eigenvalue weighted by Crippen LogP contribution is -2.07. The molecule has 232 valence electrons. The summed E-state index contributed by atoms with van der Waals surface area (Å²) < 4.78 is 3.64. The summed E-state index contributed by atoms with van der Waals surface area (Å²) >= 11 is 0. The van der Waals surface area contributed by atoms with Crippen molar-refractivity contribution in [3.8, 4) is 0 Å². The number of tetrazole rings is 4. The van der Waals surface area contributed by atoms with E-state index in [1.807, 2.05) is 50.9 Å². The largest absolute Gasteiger partial charge is 0.230 e. The Morgan fingerprint density at radius 2 is 1.27 bits per heavy atom. The number of nitrogens with zero attached hydrogens (tertiary/aromatic N) is 16. The molecular weight excluding hydrogens is 524 g/mol. The van der Waals surface area contributed by atoms with Crippen molar-refractivity contribution in [1.82, 2.24) is 80.8 Å². The summed E-state index contributed by atoms with van der Waals surface area (Å²) in [4.78, 5) is 3.22. The fourth-order valence-electron chi connectivity index (χ4n) is 2.93. The van der Waals surface area contributed by atoms with Gasteiger partial charge in [0.25, 0.3) is 0 Å². The molecule has 0 spiro atoms. The zero-order chi connectivity index (χ0) is 30.2. The van der Waals surface area contributed by atoms with Crippen molar-refractivity contribution >= 4 is 0 Å². The molecule has 0 radical (unpaired) electrons. The van der Waals surface area contributed by atoms with E-state index < -0.39 is 0 Å². The van der Waals surface area contributed by atoms with Gasteiger partial charge in [-0.1, -0.05) is 49.0 Å². The molecule has 41 heavy (non-hydrogen) atoms. The topological polar surface area (TPSA) is 174 Å². The highest BCUT2D eigenvalue weighted by molar-refractivity contribution is 4.87. The van der Waals surface area contributed by atoms with Crippen LogP contribution in [0.4, 0.5) is 0 Å². The Morgan fingerprint density at radius 1 is 0.610 bits per heavy atom. The van der Waals surface area contributed by atoms with E-state index in [4.69, 9.17) is 0 Å². The smallest absolute Gasteiger partial charge is 0.177 e. The van der Waals surface area contributed by atoms with Crippen LogP contribution in [-0.2, 0) is 25.9 Å². The SMILES string of the molecule is C.CCc1nnn(C(C)C)n1.CCc1nnnn1C(C)C.CCn1nnc(C(C)C)n1.CCn1nnnc1C(C)C. The minimum Gasteiger partial charge on any atom is -0.230 e. The molecule has 4 heterocycles. The lowest BCUT2D eigenvalue weighted by atomic mass is 10.2. The highest BCUT2D eigenvalue weighted by Crippen LogP contribution is 2.08. The standard InChI is InChI=1S/4C6H12N4.CH4/c1-4-10-6(5(2)3)7-8-9-10;1-4-10-8-6(5(2)3)7-9-10;1-4-6-7-8-9-10(6)5(2)3;1-4-6-7-9-10(8-6)5(2)3;/h4*5H,4H2,1-3H3;1H4. The van der Waals surface area contributed by atoms with Crippen LogP contribution in [0.3, 0.4) is 0 Å². The molecule has 4 aromatic rings. The Morgan fingerprint density at radius 3 is 1.61 bits per heavy atom. The number of aromatic nitrogens is 16. The van der Waals surface area contributed by atoms with Gasteiger partial charge in [-0.25, -0.2) is 9.36 Å². The third kappa shape index (κ3) is 12.6. The van der Waals surface area contributed by atoms with Gasteiger partial charge in [0.2, 0.25) is 0 Å². The minimum atomic E-state index is 0. The van der Waals surface area contributed by atoms with Crippen LogP contribution in [0, 0.1) is 0 Å². The molecule has 16 nitrogen and oxygen atoms in total. The summed E-state index contributed by atoms with van der Waals surface area (Å²) in [7, 11) is 0. The summed E-state index contributed by atoms with van der Waals surface area (Å²) in [5.41, 5.74) is 0. The molecule has 0 atom stereocenters. The molecule has 0 bridgehead atoms. The van der Waals surface area contributed by atoms with Crippen LogP contribution in [-0.4, -0.2) is 80.8 Å². The summed E-state index contributed by atoms with van der Waals surface area (Å²) in [5.74, 6) is 4.34. The van der Waals surface area contributed by atoms with Gasteiger partial charge in [0, 0.05) is 31.2 Å². The van der Waals surface area contributed by atoms with E-state index in [0.29, 0.717) is 23.9 Å². The number of hydrogen-bond donors (Lipinski definition) is 0. The molecule has 0 aliphatic heterocycles. The van der Waals surface area contributed by atoms with Crippen molar-refractivity contribution < 1.29 is 0 Å². The van der Waals surface area contributed by atoms with Gasteiger partial charge in [-0.15, -0.1) is 30.6 Å². The summed E-state index contributed by atoms with van der Waals surface area (Å²) in [6, 6.07) is 0.678. The van der Waals surface area contributed by atoms with Crippen LogP contribution in [0.2, 0.25) is 0 Å². The van der Waals surface area contributed by atoms with Crippen LogP contribution in [0.1, 0.15) is 138 Å². The van der Waals surface area contributed by atoms with Gasteiger partial charge in [-0.3, -0.25) is 0 Å². The van der Waals surface area contributed by atoms with Crippen LogP contribution < -0.4 is 0 Å². The molecule has 0 amide bonds. The van der Waals surface area contributed by atoms with Gasteiger partial charge in [-0.2, -0.15) is 9.59 Å². The molecule has 0 unspecified atom stereocenters. The zero-order valence-electron chi connectivity index (χ0n) is 26.3. The summed E-state index contributed by atoms with van der Waals surface area (Å²) in [5, 5.41) is 46.2. The zero-order valence-corrected chi connectivity index (χ0v) is 26.3. The highest BCUT2D eigenvalue weighted by atomic mass is 15.6. The van der Waals surface area contributed by atoms with Gasteiger partial charge in [0.15, 0.2) is 23.3 Å². The Labute approximate surface area is 244 Å². The van der Waals surface area contributed by atoms with E-state index in [1.54, 1.807) is 9.59 Å². The molecule has 0 N–H and O–H groups in total. The Hall–Kier alpha value is -3.72. The van der Waals surface area contributed by atoms with E-state index in [0.717, 1.165) is 49.2 Å². The van der Waals surface area contributed by atoms with Gasteiger partial charge >= 0.3 is 0 Å². The average molecular weight is 577 g/mol. The molecule has 0 fully saturated rings. The van der Waals surface area contributed by atoms with Gasteiger partial charge < -0.3 is 0 Å². The van der Waals surface area contributed by atoms with Gasteiger partial charge in [0.1, 0.15) is 0 Å². The first-order chi connectivity index (χ1) is 19.0. The second-order valence-corrected chi connectivity index (χ2v) is 9.96. The highest BCUT2D eigenvalue weighted by Gasteiger charge is 2.07. The first-order valence-electron chi connectivity index (χ1n) is 14.1.